The van der Waals surface area contributed by atoms with Crippen molar-refractivity contribution in [1.82, 2.24) is 4.57 Å². The van der Waals surface area contributed by atoms with E-state index in [9.17, 15) is 14.4 Å². The SMILES string of the molecule is CSc1ccc(C(=O)OC2=CC(=O)CCC2)c(=O)n1C. The van der Waals surface area contributed by atoms with Gasteiger partial charge in [0.2, 0.25) is 0 Å². The number of pyridine rings is 1. The first kappa shape index (κ1) is 14.6. The van der Waals surface area contributed by atoms with Gasteiger partial charge in [0.15, 0.2) is 5.78 Å². The normalized spacial score (nSPS) is 14.9. The Labute approximate surface area is 120 Å². The summed E-state index contributed by atoms with van der Waals surface area (Å²) in [6.45, 7) is 0. The zero-order valence-corrected chi connectivity index (χ0v) is 12.2. The van der Waals surface area contributed by atoms with Crippen molar-refractivity contribution < 1.29 is 14.3 Å². The van der Waals surface area contributed by atoms with Crippen LogP contribution in [0.1, 0.15) is 29.6 Å². The molecule has 0 amide bonds. The Bertz CT molecular complexity index is 645. The van der Waals surface area contributed by atoms with Gasteiger partial charge in [-0.2, -0.15) is 0 Å². The van der Waals surface area contributed by atoms with Gasteiger partial charge in [0.1, 0.15) is 11.3 Å². The number of aromatic nitrogens is 1. The molecule has 1 aliphatic carbocycles. The molecule has 0 saturated carbocycles. The molecule has 0 spiro atoms. The maximum Gasteiger partial charge on any atom is 0.348 e. The van der Waals surface area contributed by atoms with Gasteiger partial charge in [0.25, 0.3) is 5.56 Å². The summed E-state index contributed by atoms with van der Waals surface area (Å²) in [4.78, 5) is 35.3. The zero-order valence-electron chi connectivity index (χ0n) is 11.3. The molecule has 106 valence electrons. The van der Waals surface area contributed by atoms with E-state index in [2.05, 4.69) is 0 Å². The number of rotatable bonds is 3. The second-order valence-corrected chi connectivity index (χ2v) is 5.30. The van der Waals surface area contributed by atoms with Crippen molar-refractivity contribution in [3.8, 4) is 0 Å². The molecule has 0 radical (unpaired) electrons. The number of hydrogen-bond acceptors (Lipinski definition) is 5. The van der Waals surface area contributed by atoms with E-state index >= 15 is 0 Å². The molecule has 0 bridgehead atoms. The second kappa shape index (κ2) is 6.09. The molecular formula is C14H15NO4S. The van der Waals surface area contributed by atoms with E-state index in [1.54, 1.807) is 13.1 Å². The highest BCUT2D eigenvalue weighted by Gasteiger charge is 2.19. The molecule has 0 aliphatic heterocycles. The first-order chi connectivity index (χ1) is 9.52. The minimum atomic E-state index is -0.709. The molecule has 6 heteroatoms. The predicted octanol–water partition coefficient (Wildman–Crippen LogP) is 1.90. The summed E-state index contributed by atoms with van der Waals surface area (Å²) in [6.07, 6.45) is 4.88. The lowest BCUT2D eigenvalue weighted by Gasteiger charge is -2.12. The highest BCUT2D eigenvalue weighted by molar-refractivity contribution is 7.98. The molecule has 0 N–H and O–H groups in total. The quantitative estimate of drug-likeness (QED) is 0.629. The van der Waals surface area contributed by atoms with Gasteiger partial charge in [-0.15, -0.1) is 11.8 Å². The van der Waals surface area contributed by atoms with Crippen LogP contribution in [0.25, 0.3) is 0 Å². The summed E-state index contributed by atoms with van der Waals surface area (Å²) >= 11 is 1.42. The van der Waals surface area contributed by atoms with Gasteiger partial charge < -0.3 is 9.30 Å². The molecule has 0 saturated heterocycles. The van der Waals surface area contributed by atoms with Gasteiger partial charge in [-0.3, -0.25) is 9.59 Å². The van der Waals surface area contributed by atoms with Crippen LogP contribution in [0, 0.1) is 0 Å². The van der Waals surface area contributed by atoms with Crippen molar-refractivity contribution in [1.29, 1.82) is 0 Å². The van der Waals surface area contributed by atoms with E-state index in [1.165, 1.54) is 28.5 Å². The van der Waals surface area contributed by atoms with Crippen molar-refractivity contribution in [3.05, 3.63) is 39.9 Å². The molecule has 1 heterocycles. The van der Waals surface area contributed by atoms with E-state index in [1.807, 2.05) is 6.26 Å². The van der Waals surface area contributed by atoms with Gasteiger partial charge in [0.05, 0.1) is 5.03 Å². The smallest absolute Gasteiger partial charge is 0.348 e. The summed E-state index contributed by atoms with van der Waals surface area (Å²) in [5, 5.41) is 0.763. The predicted molar refractivity (Wildman–Crippen MR) is 75.8 cm³/mol. The van der Waals surface area contributed by atoms with Gasteiger partial charge in [-0.1, -0.05) is 0 Å². The Morgan fingerprint density at radius 1 is 1.30 bits per heavy atom. The van der Waals surface area contributed by atoms with Crippen LogP contribution >= 0.6 is 11.8 Å². The van der Waals surface area contributed by atoms with Gasteiger partial charge >= 0.3 is 5.97 Å². The van der Waals surface area contributed by atoms with E-state index in [0.717, 1.165) is 5.03 Å². The van der Waals surface area contributed by atoms with Crippen molar-refractivity contribution >= 4 is 23.5 Å². The first-order valence-electron chi connectivity index (χ1n) is 6.22. The van der Waals surface area contributed by atoms with Crippen LogP contribution < -0.4 is 5.56 Å². The van der Waals surface area contributed by atoms with E-state index < -0.39 is 11.5 Å². The lowest BCUT2D eigenvalue weighted by Crippen LogP contribution is -2.26. The number of thioether (sulfide) groups is 1. The third kappa shape index (κ3) is 3.01. The highest BCUT2D eigenvalue weighted by atomic mass is 32.2. The van der Waals surface area contributed by atoms with E-state index in [-0.39, 0.29) is 11.3 Å². The summed E-state index contributed by atoms with van der Waals surface area (Å²) in [6, 6.07) is 3.16. The average molecular weight is 293 g/mol. The van der Waals surface area contributed by atoms with Crippen molar-refractivity contribution in [2.24, 2.45) is 7.05 Å². The van der Waals surface area contributed by atoms with Crippen molar-refractivity contribution in [3.63, 3.8) is 0 Å². The maximum absolute atomic E-state index is 12.1. The van der Waals surface area contributed by atoms with Crippen LogP contribution in [-0.2, 0) is 16.6 Å². The fourth-order valence-electron chi connectivity index (χ4n) is 1.99. The fourth-order valence-corrected chi connectivity index (χ4v) is 2.55. The summed E-state index contributed by atoms with van der Waals surface area (Å²) in [5.74, 6) is -0.425. The number of ketones is 1. The van der Waals surface area contributed by atoms with Crippen molar-refractivity contribution in [2.75, 3.05) is 6.26 Å². The second-order valence-electron chi connectivity index (χ2n) is 4.47. The highest BCUT2D eigenvalue weighted by Crippen LogP contribution is 2.18. The topological polar surface area (TPSA) is 65.4 Å². The molecular weight excluding hydrogens is 278 g/mol. The summed E-state index contributed by atoms with van der Waals surface area (Å²) in [7, 11) is 1.61. The van der Waals surface area contributed by atoms with Crippen LogP contribution in [0.3, 0.4) is 0 Å². The maximum atomic E-state index is 12.1. The largest absolute Gasteiger partial charge is 0.427 e. The third-order valence-corrected chi connectivity index (χ3v) is 3.91. The Morgan fingerprint density at radius 2 is 2.05 bits per heavy atom. The Balaban J connectivity index is 2.24. The van der Waals surface area contributed by atoms with Crippen molar-refractivity contribution in [2.45, 2.75) is 24.3 Å². The molecule has 5 nitrogen and oxygen atoms in total. The molecule has 1 aromatic rings. The van der Waals surface area contributed by atoms with Crippen LogP contribution in [-0.4, -0.2) is 22.6 Å². The Morgan fingerprint density at radius 3 is 2.70 bits per heavy atom. The minimum absolute atomic E-state index is 0.0239. The number of carbonyl (C=O) groups is 2. The van der Waals surface area contributed by atoms with Crippen LogP contribution in [0.15, 0.2) is 33.8 Å². The lowest BCUT2D eigenvalue weighted by molar-refractivity contribution is -0.115. The molecule has 0 atom stereocenters. The van der Waals surface area contributed by atoms with Gasteiger partial charge in [0, 0.05) is 26.0 Å². The zero-order chi connectivity index (χ0) is 14.7. The minimum Gasteiger partial charge on any atom is -0.427 e. The molecule has 0 unspecified atom stereocenters. The summed E-state index contributed by atoms with van der Waals surface area (Å²) < 4.78 is 6.54. The Hall–Kier alpha value is -1.82. The van der Waals surface area contributed by atoms with E-state index in [4.69, 9.17) is 4.74 Å². The monoisotopic (exact) mass is 293 g/mol. The number of hydrogen-bond donors (Lipinski definition) is 0. The number of ether oxygens (including phenoxy) is 1. The first-order valence-corrected chi connectivity index (χ1v) is 7.45. The van der Waals surface area contributed by atoms with Crippen LogP contribution in [0.2, 0.25) is 0 Å². The number of esters is 1. The molecule has 2 rings (SSSR count). The summed E-state index contributed by atoms with van der Waals surface area (Å²) in [5.41, 5.74) is -0.422. The molecule has 20 heavy (non-hydrogen) atoms. The standard InChI is InChI=1S/C14H15NO4S/c1-15-12(20-2)7-6-11(13(15)17)14(18)19-10-5-3-4-9(16)8-10/h6-8H,3-5H2,1-2H3. The average Bonchev–Trinajstić information content (AvgIpc) is 2.41. The molecule has 0 aromatic carbocycles. The number of nitrogens with zero attached hydrogens (tertiary/aromatic N) is 1. The van der Waals surface area contributed by atoms with Gasteiger partial charge in [-0.05, 0) is 24.8 Å². The molecule has 0 fully saturated rings. The Kier molecular flexibility index (Phi) is 4.44. The molecule has 1 aliphatic rings. The number of allylic oxidation sites excluding steroid dienone is 2. The van der Waals surface area contributed by atoms with Crippen LogP contribution in [0.4, 0.5) is 0 Å². The van der Waals surface area contributed by atoms with E-state index in [0.29, 0.717) is 25.0 Å². The third-order valence-electron chi connectivity index (χ3n) is 3.08. The lowest BCUT2D eigenvalue weighted by atomic mass is 10.1. The van der Waals surface area contributed by atoms with Gasteiger partial charge in [-0.25, -0.2) is 4.79 Å². The fraction of sp³-hybridized carbons (Fsp3) is 0.357. The van der Waals surface area contributed by atoms with Crippen LogP contribution in [0.5, 0.6) is 0 Å². The number of carbonyl (C=O) groups excluding carboxylic acids is 2. The molecule has 1 aromatic heterocycles.